The molecule has 0 aliphatic carbocycles. The molecule has 184 valence electrons. The number of nitro benzene ring substituents is 1. The van der Waals surface area contributed by atoms with Gasteiger partial charge in [-0.3, -0.25) is 24.6 Å². The lowest BCUT2D eigenvalue weighted by atomic mass is 10.1. The molecule has 1 saturated heterocycles. The Hall–Kier alpha value is -3.53. The lowest BCUT2D eigenvalue weighted by Gasteiger charge is -2.14. The van der Waals surface area contributed by atoms with Crippen LogP contribution in [-0.4, -0.2) is 28.1 Å². The molecular formula is C25H18Cl2N2O6S. The lowest BCUT2D eigenvalue weighted by Crippen LogP contribution is -2.27. The quantitative estimate of drug-likeness (QED) is 0.176. The number of imide groups is 1. The molecule has 4 rings (SSSR count). The molecule has 0 N–H and O–H groups in total. The maximum absolute atomic E-state index is 12.9. The van der Waals surface area contributed by atoms with Gasteiger partial charge in [0.1, 0.15) is 6.61 Å². The van der Waals surface area contributed by atoms with Gasteiger partial charge in [-0.25, -0.2) is 0 Å². The van der Waals surface area contributed by atoms with E-state index in [1.54, 1.807) is 54.6 Å². The molecule has 3 aromatic rings. The molecule has 2 amide bonds. The topological polar surface area (TPSA) is 99.0 Å². The van der Waals surface area contributed by atoms with Crippen molar-refractivity contribution in [2.75, 3.05) is 7.11 Å². The van der Waals surface area contributed by atoms with E-state index in [-0.39, 0.29) is 39.8 Å². The van der Waals surface area contributed by atoms with Crippen LogP contribution in [0.15, 0.2) is 65.6 Å². The fraction of sp³-hybridized carbons (Fsp3) is 0.120. The van der Waals surface area contributed by atoms with Crippen molar-refractivity contribution in [1.82, 2.24) is 4.90 Å². The van der Waals surface area contributed by atoms with Crippen LogP contribution in [0.3, 0.4) is 0 Å². The summed E-state index contributed by atoms with van der Waals surface area (Å²) in [6.45, 7) is 0.161. The number of rotatable bonds is 8. The number of carbonyl (C=O) groups is 2. The minimum atomic E-state index is -0.483. The molecule has 1 aliphatic heterocycles. The highest BCUT2D eigenvalue weighted by molar-refractivity contribution is 8.18. The van der Waals surface area contributed by atoms with E-state index in [0.717, 1.165) is 22.2 Å². The highest BCUT2D eigenvalue weighted by atomic mass is 35.5. The zero-order chi connectivity index (χ0) is 25.8. The van der Waals surface area contributed by atoms with Crippen LogP contribution < -0.4 is 9.47 Å². The van der Waals surface area contributed by atoms with Crippen molar-refractivity contribution >= 4 is 57.9 Å². The summed E-state index contributed by atoms with van der Waals surface area (Å²) in [6, 6.07) is 16.2. The summed E-state index contributed by atoms with van der Waals surface area (Å²) < 4.78 is 11.2. The van der Waals surface area contributed by atoms with Crippen LogP contribution >= 0.6 is 35.0 Å². The SMILES string of the molecule is COc1cc(/C=C2\SC(=O)N(Cc3ccc(Cl)cc3)C2=O)cc(Cl)c1OCc1cccc([N+](=O)[O-])c1. The average Bonchev–Trinajstić information content (AvgIpc) is 3.11. The highest BCUT2D eigenvalue weighted by Gasteiger charge is 2.35. The number of carbonyl (C=O) groups excluding carboxylic acids is 2. The minimum Gasteiger partial charge on any atom is -0.493 e. The third-order valence-electron chi connectivity index (χ3n) is 5.18. The summed E-state index contributed by atoms with van der Waals surface area (Å²) >= 11 is 13.2. The Labute approximate surface area is 220 Å². The Balaban J connectivity index is 1.52. The zero-order valence-electron chi connectivity index (χ0n) is 18.8. The Morgan fingerprint density at radius 1 is 1.06 bits per heavy atom. The summed E-state index contributed by atoms with van der Waals surface area (Å²) in [4.78, 5) is 37.3. The number of hydrogen-bond acceptors (Lipinski definition) is 7. The molecule has 36 heavy (non-hydrogen) atoms. The summed E-state index contributed by atoms with van der Waals surface area (Å²) in [7, 11) is 1.44. The summed E-state index contributed by atoms with van der Waals surface area (Å²) in [6.07, 6.45) is 1.56. The van der Waals surface area contributed by atoms with Crippen LogP contribution in [0.25, 0.3) is 6.08 Å². The molecule has 1 fully saturated rings. The number of non-ortho nitro benzene ring substituents is 1. The standard InChI is InChI=1S/C25H18Cl2N2O6S/c1-34-21-11-17(10-20(27)23(21)35-14-16-3-2-4-19(9-16)29(32)33)12-22-24(30)28(25(31)36-22)13-15-5-7-18(26)8-6-15/h2-12H,13-14H2,1H3/b22-12-. The predicted octanol–water partition coefficient (Wildman–Crippen LogP) is 6.73. The average molecular weight is 545 g/mol. The van der Waals surface area contributed by atoms with E-state index < -0.39 is 10.8 Å². The third kappa shape index (κ3) is 5.81. The second kappa shape index (κ2) is 11.0. The van der Waals surface area contributed by atoms with Gasteiger partial charge in [0.2, 0.25) is 0 Å². The number of nitrogens with zero attached hydrogens (tertiary/aromatic N) is 2. The monoisotopic (exact) mass is 544 g/mol. The molecule has 11 heteroatoms. The molecule has 0 bridgehead atoms. The van der Waals surface area contributed by atoms with Crippen molar-refractivity contribution in [3.63, 3.8) is 0 Å². The second-order valence-electron chi connectivity index (χ2n) is 7.64. The number of ether oxygens (including phenoxy) is 2. The maximum Gasteiger partial charge on any atom is 0.293 e. The van der Waals surface area contributed by atoms with Crippen LogP contribution in [0.1, 0.15) is 16.7 Å². The first-order chi connectivity index (χ1) is 17.2. The van der Waals surface area contributed by atoms with Crippen molar-refractivity contribution in [2.24, 2.45) is 0 Å². The van der Waals surface area contributed by atoms with Crippen LogP contribution in [-0.2, 0) is 17.9 Å². The van der Waals surface area contributed by atoms with Crippen LogP contribution in [0, 0.1) is 10.1 Å². The molecule has 1 heterocycles. The van der Waals surface area contributed by atoms with Gasteiger partial charge in [0.25, 0.3) is 16.8 Å². The molecular weight excluding hydrogens is 527 g/mol. The molecule has 0 aromatic heterocycles. The first kappa shape index (κ1) is 25.6. The normalized spacial score (nSPS) is 14.4. The summed E-state index contributed by atoms with van der Waals surface area (Å²) in [5, 5.41) is 11.4. The van der Waals surface area contributed by atoms with Gasteiger partial charge in [-0.15, -0.1) is 0 Å². The maximum atomic E-state index is 12.9. The van der Waals surface area contributed by atoms with Gasteiger partial charge in [0.05, 0.1) is 28.5 Å². The first-order valence-corrected chi connectivity index (χ1v) is 12.1. The lowest BCUT2D eigenvalue weighted by molar-refractivity contribution is -0.384. The Morgan fingerprint density at radius 2 is 1.81 bits per heavy atom. The fourth-order valence-corrected chi connectivity index (χ4v) is 4.68. The van der Waals surface area contributed by atoms with Gasteiger partial charge in [-0.05, 0) is 58.8 Å². The fourth-order valence-electron chi connectivity index (χ4n) is 3.44. The number of amides is 2. The Bertz CT molecular complexity index is 1380. The molecule has 8 nitrogen and oxygen atoms in total. The van der Waals surface area contributed by atoms with Crippen LogP contribution in [0.4, 0.5) is 10.5 Å². The Kier molecular flexibility index (Phi) is 7.83. The molecule has 0 spiro atoms. The second-order valence-corrected chi connectivity index (χ2v) is 9.48. The molecule has 1 aliphatic rings. The smallest absolute Gasteiger partial charge is 0.293 e. The van der Waals surface area contributed by atoms with E-state index in [0.29, 0.717) is 21.9 Å². The highest BCUT2D eigenvalue weighted by Crippen LogP contribution is 2.39. The van der Waals surface area contributed by atoms with Gasteiger partial charge < -0.3 is 9.47 Å². The van der Waals surface area contributed by atoms with E-state index in [2.05, 4.69) is 0 Å². The van der Waals surface area contributed by atoms with Crippen molar-refractivity contribution in [3.8, 4) is 11.5 Å². The van der Waals surface area contributed by atoms with Gasteiger partial charge in [0.15, 0.2) is 11.5 Å². The first-order valence-electron chi connectivity index (χ1n) is 10.5. The van der Waals surface area contributed by atoms with Gasteiger partial charge in [0, 0.05) is 17.2 Å². The largest absolute Gasteiger partial charge is 0.493 e. The van der Waals surface area contributed by atoms with E-state index in [4.69, 9.17) is 32.7 Å². The molecule has 3 aromatic carbocycles. The van der Waals surface area contributed by atoms with Crippen molar-refractivity contribution in [3.05, 3.63) is 102 Å². The van der Waals surface area contributed by atoms with E-state index >= 15 is 0 Å². The number of halogens is 2. The summed E-state index contributed by atoms with van der Waals surface area (Å²) in [5.74, 6) is 0.138. The van der Waals surface area contributed by atoms with E-state index in [9.17, 15) is 19.7 Å². The van der Waals surface area contributed by atoms with Crippen LogP contribution in [0.2, 0.25) is 10.0 Å². The van der Waals surface area contributed by atoms with Crippen molar-refractivity contribution in [2.45, 2.75) is 13.2 Å². The summed E-state index contributed by atoms with van der Waals surface area (Å²) in [5.41, 5.74) is 1.85. The minimum absolute atomic E-state index is 0.0285. The molecule has 0 atom stereocenters. The number of methoxy groups -OCH3 is 1. The van der Waals surface area contributed by atoms with E-state index in [1.165, 1.54) is 19.2 Å². The Morgan fingerprint density at radius 3 is 2.50 bits per heavy atom. The number of benzene rings is 3. The van der Waals surface area contributed by atoms with Crippen molar-refractivity contribution < 1.29 is 24.0 Å². The van der Waals surface area contributed by atoms with Crippen molar-refractivity contribution in [1.29, 1.82) is 0 Å². The van der Waals surface area contributed by atoms with Gasteiger partial charge >= 0.3 is 0 Å². The van der Waals surface area contributed by atoms with Gasteiger partial charge in [-0.2, -0.15) is 0 Å². The van der Waals surface area contributed by atoms with E-state index in [1.807, 2.05) is 0 Å². The predicted molar refractivity (Wildman–Crippen MR) is 138 cm³/mol. The third-order valence-corrected chi connectivity index (χ3v) is 6.62. The zero-order valence-corrected chi connectivity index (χ0v) is 21.1. The van der Waals surface area contributed by atoms with Crippen LogP contribution in [0.5, 0.6) is 11.5 Å². The molecule has 0 radical (unpaired) electrons. The number of thioether (sulfide) groups is 1. The molecule has 0 unspecified atom stereocenters. The van der Waals surface area contributed by atoms with Gasteiger partial charge in [-0.1, -0.05) is 47.5 Å². The molecule has 0 saturated carbocycles. The number of nitro groups is 1. The number of hydrogen-bond donors (Lipinski definition) is 0.